The Morgan fingerprint density at radius 2 is 2.11 bits per heavy atom. The second-order valence-corrected chi connectivity index (χ2v) is 7.69. The van der Waals surface area contributed by atoms with E-state index in [-0.39, 0.29) is 5.56 Å². The third-order valence-corrected chi connectivity index (χ3v) is 5.72. The van der Waals surface area contributed by atoms with Crippen molar-refractivity contribution in [1.29, 1.82) is 0 Å². The molecule has 1 aromatic carbocycles. The number of fused-ring (bicyclic) bond motifs is 1. The van der Waals surface area contributed by atoms with Gasteiger partial charge in [-0.3, -0.25) is 9.36 Å². The molecule has 140 valence electrons. The van der Waals surface area contributed by atoms with Gasteiger partial charge in [-0.2, -0.15) is 4.98 Å². The molecule has 4 rings (SSSR count). The van der Waals surface area contributed by atoms with Crippen molar-refractivity contribution in [3.8, 4) is 0 Å². The van der Waals surface area contributed by atoms with Crippen molar-refractivity contribution in [2.45, 2.75) is 56.5 Å². The van der Waals surface area contributed by atoms with E-state index >= 15 is 0 Å². The van der Waals surface area contributed by atoms with E-state index in [1.54, 1.807) is 11.5 Å². The van der Waals surface area contributed by atoms with Gasteiger partial charge in [0.05, 0.1) is 16.7 Å². The maximum atomic E-state index is 13.1. The lowest BCUT2D eigenvalue weighted by atomic mass is 9.97. The molecular weight excluding hydrogens is 360 g/mol. The normalized spacial score (nSPS) is 14.5. The highest BCUT2D eigenvalue weighted by Crippen LogP contribution is 2.24. The van der Waals surface area contributed by atoms with Gasteiger partial charge in [-0.05, 0) is 51.2 Å². The molecule has 6 nitrogen and oxygen atoms in total. The largest absolute Gasteiger partial charge is 0.338 e. The van der Waals surface area contributed by atoms with E-state index in [0.29, 0.717) is 34.6 Å². The molecule has 0 radical (unpaired) electrons. The summed E-state index contributed by atoms with van der Waals surface area (Å²) in [5, 5.41) is 5.18. The number of allylic oxidation sites excluding steroid dienone is 2. The van der Waals surface area contributed by atoms with E-state index in [1.807, 2.05) is 24.3 Å². The van der Waals surface area contributed by atoms with Gasteiger partial charge in [0.1, 0.15) is 0 Å². The minimum atomic E-state index is 0.0150. The average Bonchev–Trinajstić information content (AvgIpc) is 3.12. The van der Waals surface area contributed by atoms with Crippen LogP contribution in [0.25, 0.3) is 10.9 Å². The van der Waals surface area contributed by atoms with Crippen LogP contribution in [0.3, 0.4) is 0 Å². The predicted molar refractivity (Wildman–Crippen MR) is 106 cm³/mol. The van der Waals surface area contributed by atoms with Crippen LogP contribution < -0.4 is 5.56 Å². The Morgan fingerprint density at radius 1 is 1.22 bits per heavy atom. The Bertz CT molecular complexity index is 1040. The monoisotopic (exact) mass is 382 g/mol. The summed E-state index contributed by atoms with van der Waals surface area (Å²) in [4.78, 5) is 22.1. The maximum absolute atomic E-state index is 13.1. The third-order valence-electron chi connectivity index (χ3n) is 4.76. The number of hydrogen-bond donors (Lipinski definition) is 0. The molecule has 0 unspecified atom stereocenters. The number of rotatable bonds is 6. The van der Waals surface area contributed by atoms with E-state index < -0.39 is 0 Å². The SMILES string of the molecule is Cc1noc(CSc2nc3ccccc3c(=O)n2CCC2=CCCCC2)n1. The number of para-hydroxylation sites is 1. The number of aromatic nitrogens is 4. The summed E-state index contributed by atoms with van der Waals surface area (Å²) in [7, 11) is 0. The average molecular weight is 382 g/mol. The number of thioether (sulfide) groups is 1. The van der Waals surface area contributed by atoms with Gasteiger partial charge in [0.2, 0.25) is 5.89 Å². The van der Waals surface area contributed by atoms with Crippen molar-refractivity contribution in [3.63, 3.8) is 0 Å². The van der Waals surface area contributed by atoms with E-state index in [1.165, 1.54) is 30.2 Å². The molecule has 0 fully saturated rings. The van der Waals surface area contributed by atoms with Crippen molar-refractivity contribution in [3.05, 3.63) is 58.0 Å². The zero-order valence-electron chi connectivity index (χ0n) is 15.4. The molecule has 2 heterocycles. The highest BCUT2D eigenvalue weighted by atomic mass is 32.2. The van der Waals surface area contributed by atoms with Crippen LogP contribution in [0.2, 0.25) is 0 Å². The standard InChI is InChI=1S/C20H22N4O2S/c1-14-21-18(26-23-14)13-27-20-22-17-10-6-5-9-16(17)19(25)24(20)12-11-15-7-3-2-4-8-15/h5-7,9-10H,2-4,8,11-13H2,1H3. The molecule has 0 saturated heterocycles. The van der Waals surface area contributed by atoms with Crippen LogP contribution in [0.15, 0.2) is 50.4 Å². The van der Waals surface area contributed by atoms with Crippen LogP contribution in [0, 0.1) is 6.92 Å². The van der Waals surface area contributed by atoms with Gasteiger partial charge >= 0.3 is 0 Å². The van der Waals surface area contributed by atoms with E-state index in [0.717, 1.165) is 24.8 Å². The van der Waals surface area contributed by atoms with Gasteiger partial charge in [-0.1, -0.05) is 40.7 Å². The fraction of sp³-hybridized carbons (Fsp3) is 0.400. The molecule has 0 saturated carbocycles. The summed E-state index contributed by atoms with van der Waals surface area (Å²) >= 11 is 1.47. The van der Waals surface area contributed by atoms with Crippen molar-refractivity contribution in [2.75, 3.05) is 0 Å². The van der Waals surface area contributed by atoms with Crippen LogP contribution in [-0.4, -0.2) is 19.7 Å². The third kappa shape index (κ3) is 4.13. The fourth-order valence-corrected chi connectivity index (χ4v) is 4.23. The predicted octanol–water partition coefficient (Wildman–Crippen LogP) is 4.27. The van der Waals surface area contributed by atoms with Gasteiger partial charge in [0.15, 0.2) is 11.0 Å². The number of nitrogens with zero attached hydrogens (tertiary/aromatic N) is 4. The van der Waals surface area contributed by atoms with Crippen LogP contribution in [0.1, 0.15) is 43.8 Å². The summed E-state index contributed by atoms with van der Waals surface area (Å²) in [6, 6.07) is 7.51. The molecule has 0 amide bonds. The minimum absolute atomic E-state index is 0.0150. The first kappa shape index (κ1) is 18.0. The van der Waals surface area contributed by atoms with Gasteiger partial charge in [-0.25, -0.2) is 4.98 Å². The topological polar surface area (TPSA) is 73.8 Å². The Balaban J connectivity index is 1.64. The highest BCUT2D eigenvalue weighted by molar-refractivity contribution is 7.98. The van der Waals surface area contributed by atoms with E-state index in [9.17, 15) is 4.79 Å². The fourth-order valence-electron chi connectivity index (χ4n) is 3.37. The molecule has 0 aliphatic heterocycles. The summed E-state index contributed by atoms with van der Waals surface area (Å²) in [5.41, 5.74) is 2.19. The van der Waals surface area contributed by atoms with Crippen LogP contribution in [0.4, 0.5) is 0 Å². The maximum Gasteiger partial charge on any atom is 0.262 e. The molecule has 1 aliphatic rings. The first-order valence-electron chi connectivity index (χ1n) is 9.30. The summed E-state index contributed by atoms with van der Waals surface area (Å²) in [5.74, 6) is 1.65. The first-order valence-corrected chi connectivity index (χ1v) is 10.3. The summed E-state index contributed by atoms with van der Waals surface area (Å²) in [6.45, 7) is 2.44. The quantitative estimate of drug-likeness (QED) is 0.360. The Hall–Kier alpha value is -2.41. The number of aryl methyl sites for hydroxylation is 1. The molecule has 0 bridgehead atoms. The van der Waals surface area contributed by atoms with Gasteiger partial charge < -0.3 is 4.52 Å². The zero-order chi connectivity index (χ0) is 18.6. The van der Waals surface area contributed by atoms with Crippen LogP contribution in [-0.2, 0) is 12.3 Å². The molecule has 1 aliphatic carbocycles. The molecule has 2 aromatic heterocycles. The Morgan fingerprint density at radius 3 is 2.89 bits per heavy atom. The van der Waals surface area contributed by atoms with Crippen molar-refractivity contribution >= 4 is 22.7 Å². The van der Waals surface area contributed by atoms with Crippen molar-refractivity contribution < 1.29 is 4.52 Å². The number of hydrogen-bond acceptors (Lipinski definition) is 6. The van der Waals surface area contributed by atoms with Crippen molar-refractivity contribution in [1.82, 2.24) is 19.7 Å². The van der Waals surface area contributed by atoms with Gasteiger partial charge in [0.25, 0.3) is 5.56 Å². The van der Waals surface area contributed by atoms with Crippen molar-refractivity contribution in [2.24, 2.45) is 0 Å². The van der Waals surface area contributed by atoms with Crippen LogP contribution >= 0.6 is 11.8 Å². The second-order valence-electron chi connectivity index (χ2n) is 6.75. The first-order chi connectivity index (χ1) is 13.2. The summed E-state index contributed by atoms with van der Waals surface area (Å²) in [6.07, 6.45) is 8.03. The lowest BCUT2D eigenvalue weighted by molar-refractivity contribution is 0.387. The smallest absolute Gasteiger partial charge is 0.262 e. The zero-order valence-corrected chi connectivity index (χ0v) is 16.2. The minimum Gasteiger partial charge on any atom is -0.338 e. The molecular formula is C20H22N4O2S. The molecule has 0 spiro atoms. The Kier molecular flexibility index (Phi) is 5.38. The van der Waals surface area contributed by atoms with Gasteiger partial charge in [-0.15, -0.1) is 0 Å². The highest BCUT2D eigenvalue weighted by Gasteiger charge is 2.14. The Labute approximate surface area is 161 Å². The second kappa shape index (κ2) is 8.08. The molecule has 7 heteroatoms. The van der Waals surface area contributed by atoms with E-state index in [2.05, 4.69) is 16.2 Å². The molecule has 0 N–H and O–H groups in total. The lowest BCUT2D eigenvalue weighted by Gasteiger charge is -2.16. The lowest BCUT2D eigenvalue weighted by Crippen LogP contribution is -2.24. The van der Waals surface area contributed by atoms with E-state index in [4.69, 9.17) is 9.51 Å². The molecule has 27 heavy (non-hydrogen) atoms. The number of benzene rings is 1. The van der Waals surface area contributed by atoms with Crippen LogP contribution in [0.5, 0.6) is 0 Å². The molecule has 3 aromatic rings. The summed E-state index contributed by atoms with van der Waals surface area (Å²) < 4.78 is 6.99. The molecule has 0 atom stereocenters. The van der Waals surface area contributed by atoms with Gasteiger partial charge in [0, 0.05) is 6.54 Å².